The van der Waals surface area contributed by atoms with Crippen molar-refractivity contribution >= 4 is 11.6 Å². The van der Waals surface area contributed by atoms with E-state index in [0.29, 0.717) is 5.71 Å². The second-order valence-corrected chi connectivity index (χ2v) is 3.70. The number of carbonyl (C=O) groups is 1. The van der Waals surface area contributed by atoms with Crippen LogP contribution in [-0.4, -0.2) is 17.2 Å². The van der Waals surface area contributed by atoms with Crippen LogP contribution >= 0.6 is 0 Å². The van der Waals surface area contributed by atoms with Gasteiger partial charge in [0.15, 0.2) is 0 Å². The monoisotopic (exact) mass is 167 g/mol. The van der Waals surface area contributed by atoms with Crippen LogP contribution in [0, 0.1) is 0 Å². The summed E-state index contributed by atoms with van der Waals surface area (Å²) in [5.74, 6) is -0.383. The highest BCUT2D eigenvalue weighted by Crippen LogP contribution is 2.35. The molecule has 12 heavy (non-hydrogen) atoms. The van der Waals surface area contributed by atoms with Gasteiger partial charge in [0, 0.05) is 6.42 Å². The predicted octanol–water partition coefficient (Wildman–Crippen LogP) is 0.134. The van der Waals surface area contributed by atoms with Crippen LogP contribution in [0.1, 0.15) is 32.1 Å². The van der Waals surface area contributed by atoms with E-state index in [9.17, 15) is 4.79 Å². The number of carbonyl (C=O) groups excluding carboxylic acids is 1. The van der Waals surface area contributed by atoms with Crippen LogP contribution in [0.5, 0.6) is 0 Å². The maximum Gasteiger partial charge on any atom is 0.264 e. The summed E-state index contributed by atoms with van der Waals surface area (Å²) in [7, 11) is 0. The maximum atomic E-state index is 10.8. The molecule has 0 bridgehead atoms. The first-order valence-corrected chi connectivity index (χ1v) is 4.35. The molecule has 2 rings (SSSR count). The quantitative estimate of drug-likeness (QED) is 0.583. The zero-order valence-corrected chi connectivity index (χ0v) is 6.97. The first-order chi connectivity index (χ1) is 5.72. The highest BCUT2D eigenvalue weighted by atomic mass is 16.1. The summed E-state index contributed by atoms with van der Waals surface area (Å²) in [6, 6.07) is 0. The Morgan fingerprint density at radius 2 is 2.17 bits per heavy atom. The zero-order chi connectivity index (χ0) is 8.60. The highest BCUT2D eigenvalue weighted by molar-refractivity contribution is 6.38. The fourth-order valence-electron chi connectivity index (χ4n) is 2.07. The van der Waals surface area contributed by atoms with Crippen LogP contribution in [0.2, 0.25) is 0 Å². The molecular weight excluding hydrogens is 154 g/mol. The van der Waals surface area contributed by atoms with Gasteiger partial charge in [0.05, 0.1) is 5.54 Å². The predicted molar refractivity (Wildman–Crippen MR) is 45.6 cm³/mol. The van der Waals surface area contributed by atoms with Gasteiger partial charge in [0.1, 0.15) is 5.71 Å². The molecule has 1 fully saturated rings. The number of amides is 1. The average molecular weight is 167 g/mol. The van der Waals surface area contributed by atoms with Gasteiger partial charge < -0.3 is 11.2 Å². The zero-order valence-electron chi connectivity index (χ0n) is 6.97. The van der Waals surface area contributed by atoms with E-state index in [0.717, 1.165) is 19.3 Å². The van der Waals surface area contributed by atoms with E-state index in [1.807, 2.05) is 0 Å². The van der Waals surface area contributed by atoms with Crippen molar-refractivity contribution in [1.29, 1.82) is 0 Å². The Balaban J connectivity index is 2.06. The van der Waals surface area contributed by atoms with Crippen molar-refractivity contribution in [2.24, 2.45) is 10.8 Å². The van der Waals surface area contributed by atoms with E-state index in [-0.39, 0.29) is 11.4 Å². The van der Waals surface area contributed by atoms with E-state index < -0.39 is 0 Å². The van der Waals surface area contributed by atoms with Crippen molar-refractivity contribution in [2.75, 3.05) is 0 Å². The molecule has 0 aromatic heterocycles. The molecule has 0 radical (unpaired) electrons. The van der Waals surface area contributed by atoms with E-state index in [4.69, 9.17) is 5.73 Å². The van der Waals surface area contributed by atoms with Gasteiger partial charge >= 0.3 is 0 Å². The molecule has 1 aliphatic carbocycles. The number of rotatable bonds is 1. The minimum atomic E-state index is -0.383. The number of hydrazone groups is 1. The fourth-order valence-corrected chi connectivity index (χ4v) is 2.07. The van der Waals surface area contributed by atoms with Crippen molar-refractivity contribution in [3.8, 4) is 0 Å². The highest BCUT2D eigenvalue weighted by Gasteiger charge is 2.39. The van der Waals surface area contributed by atoms with Gasteiger partial charge in [-0.1, -0.05) is 12.8 Å². The molecule has 3 N–H and O–H groups in total. The topological polar surface area (TPSA) is 67.5 Å². The summed E-state index contributed by atoms with van der Waals surface area (Å²) in [5, 5.41) is 3.96. The molecule has 4 nitrogen and oxygen atoms in total. The van der Waals surface area contributed by atoms with Crippen molar-refractivity contribution in [3.05, 3.63) is 0 Å². The van der Waals surface area contributed by atoms with E-state index in [1.165, 1.54) is 12.8 Å². The lowest BCUT2D eigenvalue weighted by atomic mass is 9.93. The Kier molecular flexibility index (Phi) is 1.56. The van der Waals surface area contributed by atoms with Gasteiger partial charge in [-0.25, -0.2) is 0 Å². The van der Waals surface area contributed by atoms with E-state index >= 15 is 0 Å². The van der Waals surface area contributed by atoms with Gasteiger partial charge in [-0.2, -0.15) is 5.10 Å². The summed E-state index contributed by atoms with van der Waals surface area (Å²) in [6.07, 6.45) is 5.42. The lowest BCUT2D eigenvalue weighted by Crippen LogP contribution is -2.36. The van der Waals surface area contributed by atoms with Gasteiger partial charge in [-0.3, -0.25) is 4.79 Å². The fraction of sp³-hybridized carbons (Fsp3) is 0.750. The largest absolute Gasteiger partial charge is 0.364 e. The molecule has 0 aromatic rings. The first kappa shape index (κ1) is 7.58. The minimum absolute atomic E-state index is 0.0877. The van der Waals surface area contributed by atoms with Gasteiger partial charge in [0.25, 0.3) is 5.91 Å². The van der Waals surface area contributed by atoms with Crippen LogP contribution in [0.25, 0.3) is 0 Å². The third-order valence-corrected chi connectivity index (χ3v) is 2.78. The summed E-state index contributed by atoms with van der Waals surface area (Å²) in [6.45, 7) is 0. The smallest absolute Gasteiger partial charge is 0.264 e. The number of hydrogen-bond donors (Lipinski definition) is 2. The molecule has 0 atom stereocenters. The number of primary amides is 1. The Morgan fingerprint density at radius 3 is 2.67 bits per heavy atom. The molecule has 0 aromatic carbocycles. The van der Waals surface area contributed by atoms with Crippen LogP contribution in [0.15, 0.2) is 5.10 Å². The summed E-state index contributed by atoms with van der Waals surface area (Å²) in [5.41, 5.74) is 8.79. The lowest BCUT2D eigenvalue weighted by molar-refractivity contribution is -0.112. The molecule has 2 aliphatic rings. The number of nitrogens with two attached hydrogens (primary N) is 1. The van der Waals surface area contributed by atoms with Gasteiger partial charge in [0.2, 0.25) is 0 Å². The average Bonchev–Trinajstić information content (AvgIpc) is 2.62. The van der Waals surface area contributed by atoms with E-state index in [1.54, 1.807) is 0 Å². The number of nitrogens with zero attached hydrogens (tertiary/aromatic N) is 1. The Hall–Kier alpha value is -1.06. The second-order valence-electron chi connectivity index (χ2n) is 3.70. The number of hydrogen-bond acceptors (Lipinski definition) is 3. The first-order valence-electron chi connectivity index (χ1n) is 4.35. The third kappa shape index (κ3) is 1.07. The van der Waals surface area contributed by atoms with Crippen molar-refractivity contribution in [3.63, 3.8) is 0 Å². The van der Waals surface area contributed by atoms with Crippen LogP contribution in [-0.2, 0) is 4.79 Å². The molecule has 0 unspecified atom stereocenters. The normalized spacial score (nSPS) is 25.5. The molecule has 1 aliphatic heterocycles. The number of nitrogens with one attached hydrogen (secondary N) is 1. The molecule has 1 saturated carbocycles. The third-order valence-electron chi connectivity index (χ3n) is 2.78. The summed E-state index contributed by atoms with van der Waals surface area (Å²) >= 11 is 0. The van der Waals surface area contributed by atoms with E-state index in [2.05, 4.69) is 10.5 Å². The van der Waals surface area contributed by atoms with Crippen molar-refractivity contribution < 1.29 is 4.79 Å². The molecule has 66 valence electrons. The molecule has 1 amide bonds. The van der Waals surface area contributed by atoms with Gasteiger partial charge in [-0.05, 0) is 12.8 Å². The van der Waals surface area contributed by atoms with Crippen LogP contribution in [0.4, 0.5) is 0 Å². The Bertz CT molecular complexity index is 241. The van der Waals surface area contributed by atoms with Gasteiger partial charge in [-0.15, -0.1) is 0 Å². The molecule has 1 spiro atoms. The van der Waals surface area contributed by atoms with Crippen LogP contribution < -0.4 is 11.2 Å². The standard InChI is InChI=1S/C8H13N3O/c9-7(12)6-5-8(11-10-6)3-1-2-4-8/h11H,1-5H2,(H2,9,12). The molecule has 4 heteroatoms. The minimum Gasteiger partial charge on any atom is -0.364 e. The Labute approximate surface area is 71.2 Å². The SMILES string of the molecule is NC(=O)C1=NNC2(CCCC2)C1. The maximum absolute atomic E-state index is 10.8. The molecule has 1 heterocycles. The lowest BCUT2D eigenvalue weighted by Gasteiger charge is -2.21. The van der Waals surface area contributed by atoms with Crippen molar-refractivity contribution in [2.45, 2.75) is 37.6 Å². The Morgan fingerprint density at radius 1 is 1.50 bits per heavy atom. The molecular formula is C8H13N3O. The van der Waals surface area contributed by atoms with Crippen molar-refractivity contribution in [1.82, 2.24) is 5.43 Å². The summed E-state index contributed by atoms with van der Waals surface area (Å²) < 4.78 is 0. The molecule has 0 saturated heterocycles. The summed E-state index contributed by atoms with van der Waals surface area (Å²) in [4.78, 5) is 10.8. The van der Waals surface area contributed by atoms with Crippen LogP contribution in [0.3, 0.4) is 0 Å². The second kappa shape index (κ2) is 2.47.